The van der Waals surface area contributed by atoms with Gasteiger partial charge >= 0.3 is 0 Å². The van der Waals surface area contributed by atoms with E-state index in [4.69, 9.17) is 9.73 Å². The van der Waals surface area contributed by atoms with Crippen molar-refractivity contribution < 1.29 is 4.74 Å². The lowest BCUT2D eigenvalue weighted by Crippen LogP contribution is -2.48. The van der Waals surface area contributed by atoms with Gasteiger partial charge in [0.2, 0.25) is 0 Å². The van der Waals surface area contributed by atoms with Crippen LogP contribution in [0.3, 0.4) is 0 Å². The first-order chi connectivity index (χ1) is 12.3. The van der Waals surface area contributed by atoms with Crippen molar-refractivity contribution >= 4 is 29.9 Å². The molecule has 1 atom stereocenters. The maximum Gasteiger partial charge on any atom is 0.194 e. The first-order valence-corrected chi connectivity index (χ1v) is 8.87. The van der Waals surface area contributed by atoms with E-state index in [2.05, 4.69) is 27.3 Å². The fraction of sp³-hybridized carbons (Fsp3) is 0.588. The van der Waals surface area contributed by atoms with Crippen molar-refractivity contribution in [1.29, 1.82) is 0 Å². The second-order valence-electron chi connectivity index (χ2n) is 6.11. The van der Waals surface area contributed by atoms with Gasteiger partial charge in [0.05, 0.1) is 19.3 Å². The van der Waals surface area contributed by atoms with Crippen LogP contribution >= 0.6 is 24.0 Å². The molecule has 144 valence electrons. The zero-order valence-corrected chi connectivity index (χ0v) is 17.7. The molecule has 1 aliphatic rings. The Kier molecular flexibility index (Phi) is 8.36. The number of aliphatic imine (C=N–C) groups is 1. The smallest absolute Gasteiger partial charge is 0.194 e. The number of aromatic nitrogens is 4. The van der Waals surface area contributed by atoms with Gasteiger partial charge in [-0.05, 0) is 19.4 Å². The van der Waals surface area contributed by atoms with Gasteiger partial charge in [0.25, 0.3) is 0 Å². The van der Waals surface area contributed by atoms with E-state index in [9.17, 15) is 0 Å². The fourth-order valence-corrected chi connectivity index (χ4v) is 2.93. The van der Waals surface area contributed by atoms with Gasteiger partial charge in [0, 0.05) is 57.4 Å². The van der Waals surface area contributed by atoms with Crippen molar-refractivity contribution in [3.63, 3.8) is 0 Å². The first-order valence-electron chi connectivity index (χ1n) is 8.87. The van der Waals surface area contributed by atoms with Gasteiger partial charge in [-0.15, -0.1) is 24.0 Å². The van der Waals surface area contributed by atoms with E-state index < -0.39 is 0 Å². The molecule has 9 heteroatoms. The number of nitrogens with zero attached hydrogens (tertiary/aromatic N) is 6. The summed E-state index contributed by atoms with van der Waals surface area (Å²) >= 11 is 0. The van der Waals surface area contributed by atoms with Gasteiger partial charge < -0.3 is 15.0 Å². The molecule has 0 saturated carbocycles. The highest BCUT2D eigenvalue weighted by Crippen LogP contribution is 2.21. The zero-order valence-electron chi connectivity index (χ0n) is 15.4. The Bertz CT molecular complexity index is 670. The maximum atomic E-state index is 5.92. The van der Waals surface area contributed by atoms with E-state index >= 15 is 0 Å². The minimum absolute atomic E-state index is 0. The van der Waals surface area contributed by atoms with Gasteiger partial charge in [-0.1, -0.05) is 0 Å². The Morgan fingerprint density at radius 3 is 3.00 bits per heavy atom. The largest absolute Gasteiger partial charge is 0.370 e. The van der Waals surface area contributed by atoms with Crippen molar-refractivity contribution in [1.82, 2.24) is 29.8 Å². The molecule has 0 bridgehead atoms. The van der Waals surface area contributed by atoms with Crippen LogP contribution in [-0.4, -0.2) is 63.2 Å². The summed E-state index contributed by atoms with van der Waals surface area (Å²) < 4.78 is 9.67. The number of morpholine rings is 1. The molecule has 1 aliphatic heterocycles. The zero-order chi connectivity index (χ0) is 17.5. The molecule has 3 heterocycles. The first kappa shape index (κ1) is 20.7. The van der Waals surface area contributed by atoms with Gasteiger partial charge in [0.1, 0.15) is 6.10 Å². The van der Waals surface area contributed by atoms with Crippen LogP contribution < -0.4 is 5.32 Å². The Morgan fingerprint density at radius 2 is 2.31 bits per heavy atom. The van der Waals surface area contributed by atoms with Crippen molar-refractivity contribution in [2.24, 2.45) is 12.0 Å². The van der Waals surface area contributed by atoms with E-state index in [0.29, 0.717) is 6.61 Å². The molecular weight excluding hydrogens is 445 g/mol. The fourth-order valence-electron chi connectivity index (χ4n) is 2.93. The second-order valence-corrected chi connectivity index (χ2v) is 6.11. The van der Waals surface area contributed by atoms with Crippen LogP contribution in [0, 0.1) is 0 Å². The number of aryl methyl sites for hydroxylation is 2. The Morgan fingerprint density at radius 1 is 1.42 bits per heavy atom. The molecule has 0 aliphatic carbocycles. The lowest BCUT2D eigenvalue weighted by atomic mass is 10.1. The van der Waals surface area contributed by atoms with E-state index in [1.54, 1.807) is 6.20 Å². The summed E-state index contributed by atoms with van der Waals surface area (Å²) in [6.45, 7) is 6.94. The van der Waals surface area contributed by atoms with Crippen LogP contribution in [0.5, 0.6) is 0 Å². The third kappa shape index (κ3) is 5.70. The Balaban J connectivity index is 0.00000243. The summed E-state index contributed by atoms with van der Waals surface area (Å²) in [6.07, 6.45) is 8.68. The molecule has 0 aromatic carbocycles. The molecule has 1 N–H and O–H groups in total. The number of ether oxygens (including phenoxy) is 1. The topological polar surface area (TPSA) is 72.5 Å². The summed E-state index contributed by atoms with van der Waals surface area (Å²) in [5, 5.41) is 11.9. The highest BCUT2D eigenvalue weighted by Gasteiger charge is 2.25. The molecule has 2 aromatic heterocycles. The molecule has 0 amide bonds. The monoisotopic (exact) mass is 473 g/mol. The number of hydrogen-bond donors (Lipinski definition) is 1. The molecule has 1 fully saturated rings. The van der Waals surface area contributed by atoms with Crippen LogP contribution in [0.15, 0.2) is 35.8 Å². The van der Waals surface area contributed by atoms with Gasteiger partial charge in [-0.2, -0.15) is 10.2 Å². The summed E-state index contributed by atoms with van der Waals surface area (Å²) in [6, 6.07) is 1.94. The van der Waals surface area contributed by atoms with Crippen LogP contribution in [0.2, 0.25) is 0 Å². The molecule has 26 heavy (non-hydrogen) atoms. The summed E-state index contributed by atoms with van der Waals surface area (Å²) in [7, 11) is 1.93. The number of hydrogen-bond acceptors (Lipinski definition) is 4. The van der Waals surface area contributed by atoms with Crippen molar-refractivity contribution in [3.05, 3.63) is 36.4 Å². The lowest BCUT2D eigenvalue weighted by molar-refractivity contribution is -0.00804. The Hall–Kier alpha value is -1.62. The molecule has 3 rings (SSSR count). The normalized spacial score (nSPS) is 17.8. The maximum absolute atomic E-state index is 5.92. The highest BCUT2D eigenvalue weighted by molar-refractivity contribution is 14.0. The van der Waals surface area contributed by atoms with Crippen LogP contribution in [0.4, 0.5) is 0 Å². The molecule has 2 aromatic rings. The van der Waals surface area contributed by atoms with Crippen LogP contribution in [0.1, 0.15) is 25.0 Å². The van der Waals surface area contributed by atoms with E-state index in [1.165, 1.54) is 0 Å². The molecule has 1 unspecified atom stereocenters. The van der Waals surface area contributed by atoms with Crippen LogP contribution in [-0.2, 0) is 18.3 Å². The number of guanidine groups is 1. The third-order valence-electron chi connectivity index (χ3n) is 4.16. The van der Waals surface area contributed by atoms with Crippen molar-refractivity contribution in [3.8, 4) is 0 Å². The van der Waals surface area contributed by atoms with Crippen molar-refractivity contribution in [2.75, 3.05) is 32.8 Å². The summed E-state index contributed by atoms with van der Waals surface area (Å²) in [4.78, 5) is 7.06. The van der Waals surface area contributed by atoms with E-state index in [0.717, 1.165) is 50.7 Å². The average molecular weight is 473 g/mol. The van der Waals surface area contributed by atoms with Crippen LogP contribution in [0.25, 0.3) is 0 Å². The van der Waals surface area contributed by atoms with Gasteiger partial charge in [-0.25, -0.2) is 0 Å². The third-order valence-corrected chi connectivity index (χ3v) is 4.16. The average Bonchev–Trinajstić information content (AvgIpc) is 3.29. The predicted molar refractivity (Wildman–Crippen MR) is 112 cm³/mol. The van der Waals surface area contributed by atoms with Gasteiger partial charge in [0.15, 0.2) is 5.96 Å². The number of halogens is 1. The number of rotatable bonds is 6. The minimum Gasteiger partial charge on any atom is -0.370 e. The minimum atomic E-state index is 0. The Labute approximate surface area is 171 Å². The quantitative estimate of drug-likeness (QED) is 0.299. The second kappa shape index (κ2) is 10.5. The molecular formula is C17H28IN7O. The molecule has 1 saturated heterocycles. The van der Waals surface area contributed by atoms with E-state index in [-0.39, 0.29) is 30.1 Å². The number of nitrogens with one attached hydrogen (secondary N) is 1. The van der Waals surface area contributed by atoms with Crippen molar-refractivity contribution in [2.45, 2.75) is 26.0 Å². The molecule has 0 radical (unpaired) electrons. The summed E-state index contributed by atoms with van der Waals surface area (Å²) in [5.74, 6) is 0.958. The highest BCUT2D eigenvalue weighted by atomic mass is 127. The van der Waals surface area contributed by atoms with E-state index in [1.807, 2.05) is 41.1 Å². The SMILES string of the molecule is CCNC(=NCCCn1cccn1)N1CCOC(c2cnn(C)c2)C1.I. The lowest BCUT2D eigenvalue weighted by Gasteiger charge is -2.34. The standard InChI is InChI=1S/C17H27N7O.HI/c1-3-18-17(19-6-4-8-24-9-5-7-20-24)23-10-11-25-16(14-23)15-12-21-22(2)13-15;/h5,7,9,12-13,16H,3-4,6,8,10-11,14H2,1-2H3,(H,18,19);1H. The van der Waals surface area contributed by atoms with Gasteiger partial charge in [-0.3, -0.25) is 14.4 Å². The molecule has 8 nitrogen and oxygen atoms in total. The predicted octanol–water partition coefficient (Wildman–Crippen LogP) is 1.66. The molecule has 0 spiro atoms. The summed E-state index contributed by atoms with van der Waals surface area (Å²) in [5.41, 5.74) is 1.11.